The minimum Gasteiger partial charge on any atom is -0.336 e. The van der Waals surface area contributed by atoms with Crippen molar-refractivity contribution >= 4 is 37.8 Å². The molecule has 98 valence electrons. The summed E-state index contributed by atoms with van der Waals surface area (Å²) >= 11 is 6.89. The van der Waals surface area contributed by atoms with Gasteiger partial charge in [-0.3, -0.25) is 4.79 Å². The van der Waals surface area contributed by atoms with E-state index < -0.39 is 0 Å². The molecule has 0 N–H and O–H groups in total. The number of hydrogen-bond donors (Lipinski definition) is 0. The highest BCUT2D eigenvalue weighted by Gasteiger charge is 2.27. The van der Waals surface area contributed by atoms with Crippen molar-refractivity contribution in [2.75, 3.05) is 6.54 Å². The van der Waals surface area contributed by atoms with Gasteiger partial charge in [0.25, 0.3) is 5.91 Å². The van der Waals surface area contributed by atoms with Gasteiger partial charge >= 0.3 is 0 Å². The van der Waals surface area contributed by atoms with E-state index in [1.165, 1.54) is 12.8 Å². The fraction of sp³-hybridized carbons (Fsp3) is 0.500. The Kier molecular flexibility index (Phi) is 4.84. The first-order chi connectivity index (χ1) is 8.63. The zero-order valence-electron chi connectivity index (χ0n) is 10.5. The fourth-order valence-electron chi connectivity index (χ4n) is 2.60. The maximum absolute atomic E-state index is 12.6. The van der Waals surface area contributed by atoms with Gasteiger partial charge in [-0.15, -0.1) is 0 Å². The van der Waals surface area contributed by atoms with Crippen LogP contribution < -0.4 is 0 Å². The average molecular weight is 375 g/mol. The molecule has 4 heteroatoms. The molecule has 2 rings (SSSR count). The first-order valence-corrected chi connectivity index (χ1v) is 7.98. The van der Waals surface area contributed by atoms with Crippen LogP contribution in [-0.2, 0) is 0 Å². The molecule has 0 atom stereocenters. The average Bonchev–Trinajstić information content (AvgIpc) is 2.83. The third kappa shape index (κ3) is 2.97. The van der Waals surface area contributed by atoms with Crippen molar-refractivity contribution in [3.05, 3.63) is 32.7 Å². The molecule has 1 aliphatic carbocycles. The zero-order valence-corrected chi connectivity index (χ0v) is 13.6. The lowest BCUT2D eigenvalue weighted by Gasteiger charge is -2.28. The molecular weight excluding hydrogens is 358 g/mol. The van der Waals surface area contributed by atoms with Crippen molar-refractivity contribution in [1.29, 1.82) is 0 Å². The van der Waals surface area contributed by atoms with E-state index in [0.29, 0.717) is 6.04 Å². The van der Waals surface area contributed by atoms with Gasteiger partial charge in [0.1, 0.15) is 0 Å². The number of halogens is 2. The normalized spacial score (nSPS) is 15.9. The monoisotopic (exact) mass is 373 g/mol. The molecule has 1 amide bonds. The highest BCUT2D eigenvalue weighted by Crippen LogP contribution is 2.28. The van der Waals surface area contributed by atoms with Gasteiger partial charge in [0.15, 0.2) is 0 Å². The number of hydrogen-bond acceptors (Lipinski definition) is 1. The van der Waals surface area contributed by atoms with Crippen LogP contribution in [0.25, 0.3) is 0 Å². The third-order valence-corrected chi connectivity index (χ3v) is 4.68. The molecule has 0 saturated heterocycles. The van der Waals surface area contributed by atoms with E-state index in [2.05, 4.69) is 38.8 Å². The van der Waals surface area contributed by atoms with Crippen molar-refractivity contribution in [1.82, 2.24) is 4.90 Å². The van der Waals surface area contributed by atoms with Gasteiger partial charge in [-0.2, -0.15) is 0 Å². The van der Waals surface area contributed by atoms with E-state index in [1.807, 2.05) is 23.1 Å². The van der Waals surface area contributed by atoms with E-state index in [-0.39, 0.29) is 5.91 Å². The summed E-state index contributed by atoms with van der Waals surface area (Å²) in [6, 6.07) is 6.16. The molecule has 0 heterocycles. The lowest BCUT2D eigenvalue weighted by Crippen LogP contribution is -2.38. The maximum atomic E-state index is 12.6. The van der Waals surface area contributed by atoms with Crippen LogP contribution in [0.4, 0.5) is 0 Å². The van der Waals surface area contributed by atoms with Crippen LogP contribution >= 0.6 is 31.9 Å². The predicted molar refractivity (Wildman–Crippen MR) is 80.8 cm³/mol. The Balaban J connectivity index is 2.22. The van der Waals surface area contributed by atoms with Crippen LogP contribution in [0.5, 0.6) is 0 Å². The summed E-state index contributed by atoms with van der Waals surface area (Å²) in [7, 11) is 0. The van der Waals surface area contributed by atoms with Crippen molar-refractivity contribution in [2.24, 2.45) is 0 Å². The summed E-state index contributed by atoms with van der Waals surface area (Å²) in [5, 5.41) is 0. The topological polar surface area (TPSA) is 20.3 Å². The van der Waals surface area contributed by atoms with Gasteiger partial charge in [0.05, 0.1) is 5.56 Å². The molecule has 0 aromatic heterocycles. The second kappa shape index (κ2) is 6.20. The van der Waals surface area contributed by atoms with Crippen molar-refractivity contribution in [2.45, 2.75) is 38.6 Å². The van der Waals surface area contributed by atoms with Gasteiger partial charge in [-0.1, -0.05) is 28.8 Å². The second-order valence-electron chi connectivity index (χ2n) is 4.65. The molecular formula is C14H17Br2NO. The molecule has 2 nitrogen and oxygen atoms in total. The Morgan fingerprint density at radius 3 is 2.56 bits per heavy atom. The third-order valence-electron chi connectivity index (χ3n) is 3.53. The minimum atomic E-state index is 0.142. The van der Waals surface area contributed by atoms with Crippen molar-refractivity contribution in [3.8, 4) is 0 Å². The van der Waals surface area contributed by atoms with E-state index >= 15 is 0 Å². The Morgan fingerprint density at radius 1 is 1.33 bits per heavy atom. The standard InChI is InChI=1S/C14H17Br2NO/c1-2-17(11-5-3-4-6-11)14(18)12-8-7-10(15)9-13(12)16/h7-9,11H,2-6H2,1H3. The van der Waals surface area contributed by atoms with E-state index in [9.17, 15) is 4.79 Å². The van der Waals surface area contributed by atoms with Crippen LogP contribution in [0, 0.1) is 0 Å². The summed E-state index contributed by atoms with van der Waals surface area (Å²) < 4.78 is 1.84. The largest absolute Gasteiger partial charge is 0.336 e. The summed E-state index contributed by atoms with van der Waals surface area (Å²) in [5.74, 6) is 0.142. The van der Waals surface area contributed by atoms with Crippen LogP contribution in [0.1, 0.15) is 43.0 Å². The first kappa shape index (κ1) is 14.1. The lowest BCUT2D eigenvalue weighted by molar-refractivity contribution is 0.0692. The molecule has 0 unspecified atom stereocenters. The molecule has 1 saturated carbocycles. The van der Waals surface area contributed by atoms with E-state index in [4.69, 9.17) is 0 Å². The Labute approximate surface area is 125 Å². The summed E-state index contributed by atoms with van der Waals surface area (Å²) in [4.78, 5) is 14.6. The van der Waals surface area contributed by atoms with Crippen LogP contribution in [-0.4, -0.2) is 23.4 Å². The number of rotatable bonds is 3. The van der Waals surface area contributed by atoms with Gasteiger partial charge < -0.3 is 4.90 Å². The molecule has 1 fully saturated rings. The fourth-order valence-corrected chi connectivity index (χ4v) is 3.82. The molecule has 1 aliphatic rings. The maximum Gasteiger partial charge on any atom is 0.255 e. The molecule has 0 spiro atoms. The SMILES string of the molecule is CCN(C(=O)c1ccc(Br)cc1Br)C1CCCC1. The molecule has 0 aliphatic heterocycles. The van der Waals surface area contributed by atoms with Crippen LogP contribution in [0.3, 0.4) is 0 Å². The lowest BCUT2D eigenvalue weighted by atomic mass is 10.1. The summed E-state index contributed by atoms with van der Waals surface area (Å²) in [6.45, 7) is 2.84. The highest BCUT2D eigenvalue weighted by atomic mass is 79.9. The smallest absolute Gasteiger partial charge is 0.255 e. The number of carbonyl (C=O) groups excluding carboxylic acids is 1. The molecule has 1 aromatic carbocycles. The van der Waals surface area contributed by atoms with E-state index in [1.54, 1.807) is 0 Å². The summed E-state index contributed by atoms with van der Waals surface area (Å²) in [5.41, 5.74) is 0.756. The van der Waals surface area contributed by atoms with Gasteiger partial charge in [0, 0.05) is 21.5 Å². The number of benzene rings is 1. The van der Waals surface area contributed by atoms with Gasteiger partial charge in [0.2, 0.25) is 0 Å². The van der Waals surface area contributed by atoms with Crippen LogP contribution in [0.2, 0.25) is 0 Å². The minimum absolute atomic E-state index is 0.142. The molecule has 0 bridgehead atoms. The highest BCUT2D eigenvalue weighted by molar-refractivity contribution is 9.11. The van der Waals surface area contributed by atoms with Gasteiger partial charge in [-0.05, 0) is 53.9 Å². The first-order valence-electron chi connectivity index (χ1n) is 6.39. The number of carbonyl (C=O) groups is 1. The second-order valence-corrected chi connectivity index (χ2v) is 6.42. The molecule has 1 aromatic rings. The Hall–Kier alpha value is -0.350. The number of amides is 1. The summed E-state index contributed by atoms with van der Waals surface area (Å²) in [6.07, 6.45) is 4.79. The predicted octanol–water partition coefficient (Wildman–Crippen LogP) is 4.62. The van der Waals surface area contributed by atoms with Crippen LogP contribution in [0.15, 0.2) is 27.1 Å². The van der Waals surface area contributed by atoms with E-state index in [0.717, 1.165) is 33.9 Å². The Bertz CT molecular complexity index is 441. The number of nitrogens with zero attached hydrogens (tertiary/aromatic N) is 1. The quantitative estimate of drug-likeness (QED) is 0.756. The van der Waals surface area contributed by atoms with Crippen molar-refractivity contribution < 1.29 is 4.79 Å². The molecule has 18 heavy (non-hydrogen) atoms. The van der Waals surface area contributed by atoms with Gasteiger partial charge in [-0.25, -0.2) is 0 Å². The van der Waals surface area contributed by atoms with Crippen molar-refractivity contribution in [3.63, 3.8) is 0 Å². The molecule has 0 radical (unpaired) electrons. The zero-order chi connectivity index (χ0) is 13.1. The Morgan fingerprint density at radius 2 is 2.00 bits per heavy atom.